The van der Waals surface area contributed by atoms with E-state index in [0.717, 1.165) is 19.3 Å². The van der Waals surface area contributed by atoms with Crippen molar-refractivity contribution >= 4 is 16.0 Å². The van der Waals surface area contributed by atoms with E-state index in [9.17, 15) is 13.5 Å². The number of nitrogens with one attached hydrogen (secondary N) is 1. The Kier molecular flexibility index (Phi) is 5.30. The molecule has 0 unspecified atom stereocenters. The lowest BCUT2D eigenvalue weighted by molar-refractivity contribution is -0.0283. The Labute approximate surface area is 147 Å². The first-order valence-corrected chi connectivity index (χ1v) is 10.1. The average molecular weight is 371 g/mol. The molecule has 0 amide bonds. The molecular weight excluding hydrogens is 346 g/mol. The number of sulfonamides is 1. The Morgan fingerprint density at radius 1 is 1.40 bits per heavy atom. The molecule has 2 fully saturated rings. The second-order valence-electron chi connectivity index (χ2n) is 6.61. The molecule has 0 spiro atoms. The SMILES string of the molecule is CN=C(NCC1(O)CCC1)N1CCN(S(=O)(=O)Cc2ccon2)CC1. The molecule has 10 heteroatoms. The summed E-state index contributed by atoms with van der Waals surface area (Å²) < 4.78 is 31.1. The third kappa shape index (κ3) is 4.31. The van der Waals surface area contributed by atoms with Crippen molar-refractivity contribution in [3.8, 4) is 0 Å². The van der Waals surface area contributed by atoms with Crippen molar-refractivity contribution in [3.05, 3.63) is 18.0 Å². The molecule has 3 rings (SSSR count). The van der Waals surface area contributed by atoms with Gasteiger partial charge in [-0.3, -0.25) is 4.99 Å². The Hall–Kier alpha value is -1.65. The number of aromatic nitrogens is 1. The van der Waals surface area contributed by atoms with Gasteiger partial charge in [-0.2, -0.15) is 4.31 Å². The van der Waals surface area contributed by atoms with Gasteiger partial charge in [0.15, 0.2) is 5.96 Å². The van der Waals surface area contributed by atoms with Crippen molar-refractivity contribution in [2.45, 2.75) is 30.6 Å². The van der Waals surface area contributed by atoms with Crippen molar-refractivity contribution in [2.75, 3.05) is 39.8 Å². The summed E-state index contributed by atoms with van der Waals surface area (Å²) in [5, 5.41) is 17.1. The molecule has 25 heavy (non-hydrogen) atoms. The molecular formula is C15H25N5O4S. The van der Waals surface area contributed by atoms with Crippen LogP contribution < -0.4 is 5.32 Å². The van der Waals surface area contributed by atoms with Crippen LogP contribution in [0.4, 0.5) is 0 Å². The fraction of sp³-hybridized carbons (Fsp3) is 0.733. The second kappa shape index (κ2) is 7.30. The third-order valence-electron chi connectivity index (χ3n) is 4.82. The molecule has 2 heterocycles. The van der Waals surface area contributed by atoms with Gasteiger partial charge in [0.25, 0.3) is 0 Å². The molecule has 1 aromatic heterocycles. The van der Waals surface area contributed by atoms with Crippen LogP contribution >= 0.6 is 0 Å². The number of nitrogens with zero attached hydrogens (tertiary/aromatic N) is 4. The van der Waals surface area contributed by atoms with E-state index in [4.69, 9.17) is 4.52 Å². The Bertz CT molecular complexity index is 692. The minimum absolute atomic E-state index is 0.149. The number of hydrogen-bond donors (Lipinski definition) is 2. The van der Waals surface area contributed by atoms with E-state index in [1.807, 2.05) is 4.90 Å². The van der Waals surface area contributed by atoms with Gasteiger partial charge in [0.1, 0.15) is 12.0 Å². The van der Waals surface area contributed by atoms with Crippen molar-refractivity contribution in [1.82, 2.24) is 19.7 Å². The quantitative estimate of drug-likeness (QED) is 0.536. The normalized spacial score (nSPS) is 21.8. The van der Waals surface area contributed by atoms with Gasteiger partial charge in [-0.15, -0.1) is 0 Å². The lowest BCUT2D eigenvalue weighted by Crippen LogP contribution is -2.56. The topological polar surface area (TPSA) is 111 Å². The number of hydrogen-bond acceptors (Lipinski definition) is 6. The fourth-order valence-electron chi connectivity index (χ4n) is 3.11. The molecule has 0 atom stereocenters. The summed E-state index contributed by atoms with van der Waals surface area (Å²) in [6, 6.07) is 1.56. The van der Waals surface area contributed by atoms with Gasteiger partial charge in [-0.1, -0.05) is 5.16 Å². The average Bonchev–Trinajstić information content (AvgIpc) is 3.06. The van der Waals surface area contributed by atoms with Gasteiger partial charge in [-0.05, 0) is 19.3 Å². The maximum absolute atomic E-state index is 12.4. The van der Waals surface area contributed by atoms with Crippen molar-refractivity contribution in [1.29, 1.82) is 0 Å². The van der Waals surface area contributed by atoms with E-state index < -0.39 is 15.6 Å². The van der Waals surface area contributed by atoms with Gasteiger partial charge in [0, 0.05) is 45.8 Å². The number of piperazine rings is 1. The molecule has 1 saturated heterocycles. The van der Waals surface area contributed by atoms with Crippen molar-refractivity contribution in [2.24, 2.45) is 4.99 Å². The zero-order valence-corrected chi connectivity index (χ0v) is 15.2. The highest BCUT2D eigenvalue weighted by Gasteiger charge is 2.35. The van der Waals surface area contributed by atoms with E-state index in [-0.39, 0.29) is 5.75 Å². The van der Waals surface area contributed by atoms with Crippen LogP contribution in [0.2, 0.25) is 0 Å². The van der Waals surface area contributed by atoms with E-state index in [1.165, 1.54) is 10.6 Å². The standard InChI is InChI=1S/C15H25N5O4S/c1-16-14(17-12-15(21)4-2-5-15)19-6-8-20(9-7-19)25(22,23)11-13-3-10-24-18-13/h3,10,21H,2,4-9,11-12H2,1H3,(H,16,17). The molecule has 1 aromatic rings. The summed E-state index contributed by atoms with van der Waals surface area (Å²) >= 11 is 0. The molecule has 0 radical (unpaired) electrons. The predicted octanol–water partition coefficient (Wildman–Crippen LogP) is -0.388. The number of aliphatic imine (C=N–C) groups is 1. The van der Waals surface area contributed by atoms with Gasteiger partial charge < -0.3 is 19.8 Å². The fourth-order valence-corrected chi connectivity index (χ4v) is 4.53. The van der Waals surface area contributed by atoms with Crippen LogP contribution in [0.3, 0.4) is 0 Å². The minimum atomic E-state index is -3.41. The summed E-state index contributed by atoms with van der Waals surface area (Å²) in [5.74, 6) is 0.553. The third-order valence-corrected chi connectivity index (χ3v) is 6.64. The molecule has 1 aliphatic heterocycles. The lowest BCUT2D eigenvalue weighted by Gasteiger charge is -2.39. The first-order valence-electron chi connectivity index (χ1n) is 8.47. The van der Waals surface area contributed by atoms with E-state index in [0.29, 0.717) is 44.4 Å². The summed E-state index contributed by atoms with van der Waals surface area (Å²) in [7, 11) is -1.71. The van der Waals surface area contributed by atoms with E-state index in [2.05, 4.69) is 15.5 Å². The zero-order chi connectivity index (χ0) is 17.9. The zero-order valence-electron chi connectivity index (χ0n) is 14.4. The second-order valence-corrected chi connectivity index (χ2v) is 8.58. The largest absolute Gasteiger partial charge is 0.388 e. The number of guanidine groups is 1. The summed E-state index contributed by atoms with van der Waals surface area (Å²) in [6.45, 7) is 2.37. The van der Waals surface area contributed by atoms with Crippen molar-refractivity contribution in [3.63, 3.8) is 0 Å². The van der Waals surface area contributed by atoms with Crippen LogP contribution in [-0.2, 0) is 15.8 Å². The first kappa shape index (κ1) is 18.2. The highest BCUT2D eigenvalue weighted by atomic mass is 32.2. The highest BCUT2D eigenvalue weighted by Crippen LogP contribution is 2.30. The first-order chi connectivity index (χ1) is 11.9. The van der Waals surface area contributed by atoms with Gasteiger partial charge in [0.2, 0.25) is 10.0 Å². The predicted molar refractivity (Wildman–Crippen MR) is 92.4 cm³/mol. The highest BCUT2D eigenvalue weighted by molar-refractivity contribution is 7.88. The van der Waals surface area contributed by atoms with Crippen LogP contribution in [0.25, 0.3) is 0 Å². The van der Waals surface area contributed by atoms with Gasteiger partial charge in [0.05, 0.1) is 11.3 Å². The molecule has 1 saturated carbocycles. The van der Waals surface area contributed by atoms with Gasteiger partial charge in [-0.25, -0.2) is 8.42 Å². The lowest BCUT2D eigenvalue weighted by atomic mass is 9.80. The monoisotopic (exact) mass is 371 g/mol. The maximum atomic E-state index is 12.4. The van der Waals surface area contributed by atoms with Crippen LogP contribution in [0.5, 0.6) is 0 Å². The van der Waals surface area contributed by atoms with Crippen LogP contribution in [0, 0.1) is 0 Å². The Morgan fingerprint density at radius 3 is 2.64 bits per heavy atom. The summed E-state index contributed by atoms with van der Waals surface area (Å²) in [4.78, 5) is 6.27. The molecule has 140 valence electrons. The van der Waals surface area contributed by atoms with Gasteiger partial charge >= 0.3 is 0 Å². The molecule has 2 aliphatic rings. The molecule has 1 aliphatic carbocycles. The van der Waals surface area contributed by atoms with Crippen LogP contribution in [-0.4, -0.2) is 79.2 Å². The van der Waals surface area contributed by atoms with Crippen LogP contribution in [0.1, 0.15) is 25.0 Å². The van der Waals surface area contributed by atoms with Crippen molar-refractivity contribution < 1.29 is 18.0 Å². The molecule has 9 nitrogen and oxygen atoms in total. The molecule has 2 N–H and O–H groups in total. The number of aliphatic hydroxyl groups is 1. The van der Waals surface area contributed by atoms with Crippen LogP contribution in [0.15, 0.2) is 21.8 Å². The minimum Gasteiger partial charge on any atom is -0.388 e. The molecule has 0 aromatic carbocycles. The Balaban J connectivity index is 1.51. The van der Waals surface area contributed by atoms with E-state index >= 15 is 0 Å². The summed E-state index contributed by atoms with van der Waals surface area (Å²) in [5.41, 5.74) is -0.216. The Morgan fingerprint density at radius 2 is 2.12 bits per heavy atom. The molecule has 0 bridgehead atoms. The number of rotatable bonds is 5. The van der Waals surface area contributed by atoms with E-state index in [1.54, 1.807) is 13.1 Å². The maximum Gasteiger partial charge on any atom is 0.220 e. The summed E-state index contributed by atoms with van der Waals surface area (Å²) in [6.07, 6.45) is 4.05. The smallest absolute Gasteiger partial charge is 0.220 e.